The van der Waals surface area contributed by atoms with Gasteiger partial charge in [-0.25, -0.2) is 4.98 Å². The van der Waals surface area contributed by atoms with E-state index in [0.29, 0.717) is 18.5 Å². The van der Waals surface area contributed by atoms with Crippen molar-refractivity contribution in [2.45, 2.75) is 32.2 Å². The summed E-state index contributed by atoms with van der Waals surface area (Å²) in [6.07, 6.45) is 0.979. The molecule has 2 rings (SSSR count). The molecule has 1 heterocycles. The highest BCUT2D eigenvalue weighted by atomic mass is 16.4. The molecule has 23 heavy (non-hydrogen) atoms. The van der Waals surface area contributed by atoms with E-state index in [9.17, 15) is 9.59 Å². The van der Waals surface area contributed by atoms with E-state index in [-0.39, 0.29) is 18.4 Å². The summed E-state index contributed by atoms with van der Waals surface area (Å²) in [4.78, 5) is 27.4. The zero-order valence-corrected chi connectivity index (χ0v) is 13.0. The van der Waals surface area contributed by atoms with E-state index in [1.807, 2.05) is 43.3 Å². The predicted octanol–water partition coefficient (Wildman–Crippen LogP) is 2.60. The molecule has 1 aromatic heterocycles. The third-order valence-corrected chi connectivity index (χ3v) is 3.49. The molecule has 120 valence electrons. The van der Waals surface area contributed by atoms with Crippen LogP contribution in [0, 0.1) is 6.92 Å². The van der Waals surface area contributed by atoms with Gasteiger partial charge in [-0.1, -0.05) is 36.4 Å². The number of nitrogens with one attached hydrogen (secondary N) is 1. The summed E-state index contributed by atoms with van der Waals surface area (Å²) >= 11 is 0. The van der Waals surface area contributed by atoms with Crippen LogP contribution in [0.1, 0.15) is 34.6 Å². The lowest BCUT2D eigenvalue weighted by molar-refractivity contribution is -0.137. The van der Waals surface area contributed by atoms with E-state index in [1.165, 1.54) is 0 Å². The first kappa shape index (κ1) is 16.7. The molecule has 5 heteroatoms. The number of pyridine rings is 1. The molecule has 0 saturated heterocycles. The number of rotatable bonds is 7. The summed E-state index contributed by atoms with van der Waals surface area (Å²) in [5.74, 6) is -1.15. The third kappa shape index (κ3) is 5.54. The van der Waals surface area contributed by atoms with Crippen LogP contribution >= 0.6 is 0 Å². The van der Waals surface area contributed by atoms with Crippen molar-refractivity contribution in [3.8, 4) is 0 Å². The molecular formula is C18H20N2O3. The van der Waals surface area contributed by atoms with Crippen molar-refractivity contribution in [3.63, 3.8) is 0 Å². The lowest BCUT2D eigenvalue weighted by Gasteiger charge is -2.18. The standard InChI is InChI=1S/C18H20N2O3/c1-13-6-5-9-16(19-13)18(23)20-15(10-11-17(21)22)12-14-7-3-2-4-8-14/h2-9,15H,10-12H2,1H3,(H,20,23)(H,21,22). The Kier molecular flexibility index (Phi) is 5.86. The van der Waals surface area contributed by atoms with Gasteiger partial charge in [-0.05, 0) is 37.5 Å². The number of carbonyl (C=O) groups excluding carboxylic acids is 1. The van der Waals surface area contributed by atoms with Gasteiger partial charge >= 0.3 is 5.97 Å². The molecule has 0 fully saturated rings. The molecule has 0 radical (unpaired) electrons. The van der Waals surface area contributed by atoms with Crippen LogP contribution in [0.25, 0.3) is 0 Å². The Labute approximate surface area is 135 Å². The van der Waals surface area contributed by atoms with Crippen LogP contribution in [-0.4, -0.2) is 28.0 Å². The molecule has 0 aliphatic carbocycles. The van der Waals surface area contributed by atoms with Crippen molar-refractivity contribution in [1.82, 2.24) is 10.3 Å². The average Bonchev–Trinajstić information content (AvgIpc) is 2.53. The highest BCUT2D eigenvalue weighted by Crippen LogP contribution is 2.09. The maximum absolute atomic E-state index is 12.3. The minimum atomic E-state index is -0.869. The number of hydrogen-bond donors (Lipinski definition) is 2. The highest BCUT2D eigenvalue weighted by Gasteiger charge is 2.16. The summed E-state index contributed by atoms with van der Waals surface area (Å²) in [6.45, 7) is 1.82. The average molecular weight is 312 g/mol. The first-order valence-corrected chi connectivity index (χ1v) is 7.55. The first-order valence-electron chi connectivity index (χ1n) is 7.55. The first-order chi connectivity index (χ1) is 11.0. The van der Waals surface area contributed by atoms with E-state index >= 15 is 0 Å². The highest BCUT2D eigenvalue weighted by molar-refractivity contribution is 5.92. The van der Waals surface area contributed by atoms with E-state index < -0.39 is 5.97 Å². The van der Waals surface area contributed by atoms with Gasteiger partial charge in [0.05, 0.1) is 0 Å². The summed E-state index contributed by atoms with van der Waals surface area (Å²) in [7, 11) is 0. The number of carboxylic acids is 1. The normalized spacial score (nSPS) is 11.7. The summed E-state index contributed by atoms with van der Waals surface area (Å²) in [5, 5.41) is 11.8. The number of carbonyl (C=O) groups is 2. The number of nitrogens with zero attached hydrogens (tertiary/aromatic N) is 1. The van der Waals surface area contributed by atoms with Crippen LogP contribution in [0.2, 0.25) is 0 Å². The molecule has 0 saturated carbocycles. The Hall–Kier alpha value is -2.69. The SMILES string of the molecule is Cc1cccc(C(=O)NC(CCC(=O)O)Cc2ccccc2)n1. The predicted molar refractivity (Wildman–Crippen MR) is 87.2 cm³/mol. The van der Waals surface area contributed by atoms with Crippen molar-refractivity contribution in [2.75, 3.05) is 0 Å². The second kappa shape index (κ2) is 8.08. The molecule has 1 amide bonds. The topological polar surface area (TPSA) is 79.3 Å². The molecule has 5 nitrogen and oxygen atoms in total. The molecule has 0 spiro atoms. The van der Waals surface area contributed by atoms with Crippen LogP contribution in [0.15, 0.2) is 48.5 Å². The van der Waals surface area contributed by atoms with Crippen LogP contribution in [-0.2, 0) is 11.2 Å². The molecule has 0 aliphatic heterocycles. The van der Waals surface area contributed by atoms with Gasteiger partial charge in [-0.15, -0.1) is 0 Å². The fourth-order valence-electron chi connectivity index (χ4n) is 2.35. The third-order valence-electron chi connectivity index (χ3n) is 3.49. The van der Waals surface area contributed by atoms with Crippen LogP contribution in [0.3, 0.4) is 0 Å². The fraction of sp³-hybridized carbons (Fsp3) is 0.278. The van der Waals surface area contributed by atoms with Gasteiger partial charge in [0.2, 0.25) is 0 Å². The van der Waals surface area contributed by atoms with E-state index in [2.05, 4.69) is 10.3 Å². The van der Waals surface area contributed by atoms with Crippen molar-refractivity contribution in [3.05, 3.63) is 65.5 Å². The van der Waals surface area contributed by atoms with E-state index in [4.69, 9.17) is 5.11 Å². The minimum absolute atomic E-state index is 0.0129. The minimum Gasteiger partial charge on any atom is -0.481 e. The lowest BCUT2D eigenvalue weighted by Crippen LogP contribution is -2.37. The van der Waals surface area contributed by atoms with Crippen molar-refractivity contribution < 1.29 is 14.7 Å². The summed E-state index contributed by atoms with van der Waals surface area (Å²) < 4.78 is 0. The Bertz CT molecular complexity index is 671. The number of carboxylic acid groups (broad SMARTS) is 1. The largest absolute Gasteiger partial charge is 0.481 e. The van der Waals surface area contributed by atoms with Crippen molar-refractivity contribution >= 4 is 11.9 Å². The van der Waals surface area contributed by atoms with Gasteiger partial charge < -0.3 is 10.4 Å². The molecule has 1 aromatic carbocycles. The van der Waals surface area contributed by atoms with Gasteiger partial charge in [0, 0.05) is 18.2 Å². The molecule has 1 atom stereocenters. The van der Waals surface area contributed by atoms with Crippen molar-refractivity contribution in [2.24, 2.45) is 0 Å². The molecular weight excluding hydrogens is 292 g/mol. The zero-order valence-electron chi connectivity index (χ0n) is 13.0. The number of aryl methyl sites for hydroxylation is 1. The molecule has 2 aromatic rings. The summed E-state index contributed by atoms with van der Waals surface area (Å²) in [5.41, 5.74) is 2.17. The number of benzene rings is 1. The monoisotopic (exact) mass is 312 g/mol. The maximum Gasteiger partial charge on any atom is 0.303 e. The van der Waals surface area contributed by atoms with Gasteiger partial charge in [-0.3, -0.25) is 9.59 Å². The van der Waals surface area contributed by atoms with Gasteiger partial charge in [0.1, 0.15) is 5.69 Å². The molecule has 2 N–H and O–H groups in total. The van der Waals surface area contributed by atoms with Crippen LogP contribution < -0.4 is 5.32 Å². The van der Waals surface area contributed by atoms with Gasteiger partial charge in [-0.2, -0.15) is 0 Å². The summed E-state index contributed by atoms with van der Waals surface area (Å²) in [6, 6.07) is 14.7. The number of aromatic nitrogens is 1. The second-order valence-corrected chi connectivity index (χ2v) is 5.46. The molecule has 0 aliphatic rings. The molecule has 0 bridgehead atoms. The smallest absolute Gasteiger partial charge is 0.303 e. The number of hydrogen-bond acceptors (Lipinski definition) is 3. The Morgan fingerprint density at radius 1 is 1.13 bits per heavy atom. The Morgan fingerprint density at radius 2 is 1.87 bits per heavy atom. The quantitative estimate of drug-likeness (QED) is 0.823. The second-order valence-electron chi connectivity index (χ2n) is 5.46. The Balaban J connectivity index is 2.07. The van der Waals surface area contributed by atoms with Crippen LogP contribution in [0.4, 0.5) is 0 Å². The van der Waals surface area contributed by atoms with Crippen molar-refractivity contribution in [1.29, 1.82) is 0 Å². The van der Waals surface area contributed by atoms with Gasteiger partial charge in [0.25, 0.3) is 5.91 Å². The lowest BCUT2D eigenvalue weighted by atomic mass is 10.0. The molecule has 1 unspecified atom stereocenters. The fourth-order valence-corrected chi connectivity index (χ4v) is 2.35. The Morgan fingerprint density at radius 3 is 2.52 bits per heavy atom. The van der Waals surface area contributed by atoms with Gasteiger partial charge in [0.15, 0.2) is 0 Å². The number of amides is 1. The van der Waals surface area contributed by atoms with E-state index in [1.54, 1.807) is 12.1 Å². The zero-order chi connectivity index (χ0) is 16.7. The van der Waals surface area contributed by atoms with E-state index in [0.717, 1.165) is 11.3 Å². The maximum atomic E-state index is 12.3. The van der Waals surface area contributed by atoms with Crippen LogP contribution in [0.5, 0.6) is 0 Å². The number of aliphatic carboxylic acids is 1.